The number of carbonyl (C=O) groups excluding carboxylic acids is 1. The van der Waals surface area contributed by atoms with Crippen molar-refractivity contribution in [3.63, 3.8) is 0 Å². The molecule has 1 aromatic heterocycles. The quantitative estimate of drug-likeness (QED) is 0.649. The van der Waals surface area contributed by atoms with Gasteiger partial charge in [0.15, 0.2) is 0 Å². The Hall–Kier alpha value is -3.32. The topological polar surface area (TPSA) is 79.4 Å². The number of carbonyl (C=O) groups is 1. The zero-order chi connectivity index (χ0) is 20.1. The first-order chi connectivity index (χ1) is 13.5. The van der Waals surface area contributed by atoms with Crippen LogP contribution >= 0.6 is 11.6 Å². The second kappa shape index (κ2) is 8.58. The molecule has 8 heteroatoms. The smallest absolute Gasteiger partial charge is 0.275 e. The fourth-order valence-electron chi connectivity index (χ4n) is 2.46. The van der Waals surface area contributed by atoms with Crippen LogP contribution in [-0.4, -0.2) is 37.1 Å². The van der Waals surface area contributed by atoms with E-state index in [1.807, 2.05) is 43.3 Å². The van der Waals surface area contributed by atoms with E-state index in [4.69, 9.17) is 16.3 Å². The molecule has 0 bridgehead atoms. The molecule has 0 aliphatic heterocycles. The van der Waals surface area contributed by atoms with Crippen molar-refractivity contribution in [2.24, 2.45) is 0 Å². The molecule has 0 radical (unpaired) electrons. The van der Waals surface area contributed by atoms with Crippen molar-refractivity contribution in [2.75, 3.05) is 36.7 Å². The van der Waals surface area contributed by atoms with Gasteiger partial charge in [0.2, 0.25) is 0 Å². The van der Waals surface area contributed by atoms with Crippen molar-refractivity contribution in [3.8, 4) is 5.75 Å². The zero-order valence-corrected chi connectivity index (χ0v) is 16.5. The molecule has 2 N–H and O–H groups in total. The summed E-state index contributed by atoms with van der Waals surface area (Å²) in [6.07, 6.45) is 2.88. The first-order valence-corrected chi connectivity index (χ1v) is 8.85. The van der Waals surface area contributed by atoms with Crippen LogP contribution in [0.4, 0.5) is 22.9 Å². The van der Waals surface area contributed by atoms with E-state index < -0.39 is 0 Å². The number of nitrogens with one attached hydrogen (secondary N) is 2. The van der Waals surface area contributed by atoms with Gasteiger partial charge in [-0.05, 0) is 42.5 Å². The van der Waals surface area contributed by atoms with Gasteiger partial charge in [0, 0.05) is 30.5 Å². The Morgan fingerprint density at radius 2 is 1.82 bits per heavy atom. The Balaban J connectivity index is 1.68. The van der Waals surface area contributed by atoms with Crippen molar-refractivity contribution in [2.45, 2.75) is 0 Å². The van der Waals surface area contributed by atoms with E-state index in [0.717, 1.165) is 5.69 Å². The summed E-state index contributed by atoms with van der Waals surface area (Å²) in [5.74, 6) is 0.749. The zero-order valence-electron chi connectivity index (χ0n) is 15.7. The molecular weight excluding hydrogens is 378 g/mol. The minimum Gasteiger partial charge on any atom is -0.495 e. The molecule has 144 valence electrons. The van der Waals surface area contributed by atoms with Gasteiger partial charge in [-0.15, -0.1) is 0 Å². The van der Waals surface area contributed by atoms with Crippen molar-refractivity contribution >= 4 is 40.4 Å². The molecule has 0 atom stereocenters. The Kier molecular flexibility index (Phi) is 5.96. The van der Waals surface area contributed by atoms with Crippen molar-refractivity contribution in [1.82, 2.24) is 9.97 Å². The highest BCUT2D eigenvalue weighted by molar-refractivity contribution is 6.31. The third-order valence-corrected chi connectivity index (χ3v) is 4.19. The van der Waals surface area contributed by atoms with Gasteiger partial charge in [0.1, 0.15) is 17.3 Å². The van der Waals surface area contributed by atoms with Crippen molar-refractivity contribution in [1.29, 1.82) is 0 Å². The predicted octanol–water partition coefficient (Wildman–Crippen LogP) is 4.20. The van der Waals surface area contributed by atoms with E-state index >= 15 is 0 Å². The van der Waals surface area contributed by atoms with Gasteiger partial charge >= 0.3 is 0 Å². The number of benzene rings is 2. The minimum absolute atomic E-state index is 0.209. The number of methoxy groups -OCH3 is 1. The molecule has 28 heavy (non-hydrogen) atoms. The number of anilines is 4. The molecule has 0 unspecified atom stereocenters. The van der Waals surface area contributed by atoms with Crippen LogP contribution in [-0.2, 0) is 0 Å². The van der Waals surface area contributed by atoms with Gasteiger partial charge in [0.05, 0.1) is 25.2 Å². The van der Waals surface area contributed by atoms with E-state index in [9.17, 15) is 4.79 Å². The number of ether oxygens (including phenoxy) is 1. The first kappa shape index (κ1) is 19.4. The second-order valence-electron chi connectivity index (χ2n) is 6.15. The predicted molar refractivity (Wildman–Crippen MR) is 112 cm³/mol. The highest BCUT2D eigenvalue weighted by atomic mass is 35.5. The molecule has 7 nitrogen and oxygen atoms in total. The van der Waals surface area contributed by atoms with Gasteiger partial charge in [-0.3, -0.25) is 4.79 Å². The fraction of sp³-hybridized carbons (Fsp3) is 0.150. The number of nitrogens with zero attached hydrogens (tertiary/aromatic N) is 3. The summed E-state index contributed by atoms with van der Waals surface area (Å²) in [7, 11) is 5.48. The summed E-state index contributed by atoms with van der Waals surface area (Å²) in [5, 5.41) is 6.44. The maximum atomic E-state index is 12.4. The van der Waals surface area contributed by atoms with Gasteiger partial charge in [0.25, 0.3) is 5.91 Å². The summed E-state index contributed by atoms with van der Waals surface area (Å²) in [6, 6.07) is 12.7. The molecule has 0 spiro atoms. The molecular formula is C20H20ClN5O2. The number of hydrogen-bond acceptors (Lipinski definition) is 6. The molecule has 0 fully saturated rings. The van der Waals surface area contributed by atoms with Crippen LogP contribution in [0.15, 0.2) is 54.9 Å². The van der Waals surface area contributed by atoms with E-state index in [1.165, 1.54) is 12.4 Å². The summed E-state index contributed by atoms with van der Waals surface area (Å²) >= 11 is 6.02. The molecule has 0 saturated carbocycles. The number of halogens is 1. The summed E-state index contributed by atoms with van der Waals surface area (Å²) < 4.78 is 5.29. The van der Waals surface area contributed by atoms with Crippen molar-refractivity contribution < 1.29 is 9.53 Å². The molecule has 1 amide bonds. The normalized spacial score (nSPS) is 10.3. The Morgan fingerprint density at radius 1 is 1.07 bits per heavy atom. The first-order valence-electron chi connectivity index (χ1n) is 8.47. The second-order valence-corrected chi connectivity index (χ2v) is 6.59. The summed E-state index contributed by atoms with van der Waals surface area (Å²) in [5.41, 5.74) is 2.59. The monoisotopic (exact) mass is 397 g/mol. The van der Waals surface area contributed by atoms with Crippen LogP contribution in [0.3, 0.4) is 0 Å². The molecule has 0 aliphatic carbocycles. The van der Waals surface area contributed by atoms with Crippen LogP contribution in [0.5, 0.6) is 5.75 Å². The van der Waals surface area contributed by atoms with Gasteiger partial charge in [-0.2, -0.15) is 0 Å². The van der Waals surface area contributed by atoms with Gasteiger partial charge < -0.3 is 20.3 Å². The molecule has 3 aromatic rings. The number of amides is 1. The lowest BCUT2D eigenvalue weighted by molar-refractivity contribution is 0.102. The summed E-state index contributed by atoms with van der Waals surface area (Å²) in [6.45, 7) is 0. The highest BCUT2D eigenvalue weighted by Crippen LogP contribution is 2.29. The molecule has 0 aliphatic rings. The van der Waals surface area contributed by atoms with E-state index in [0.29, 0.717) is 28.0 Å². The average Bonchev–Trinajstić information content (AvgIpc) is 2.69. The number of rotatable bonds is 6. The Labute approximate surface area is 168 Å². The van der Waals surface area contributed by atoms with E-state index in [1.54, 1.807) is 25.3 Å². The maximum absolute atomic E-state index is 12.4. The highest BCUT2D eigenvalue weighted by Gasteiger charge is 2.10. The lowest BCUT2D eigenvalue weighted by Gasteiger charge is -2.13. The third kappa shape index (κ3) is 4.69. The van der Waals surface area contributed by atoms with Crippen LogP contribution in [0, 0.1) is 0 Å². The number of hydrogen-bond donors (Lipinski definition) is 2. The minimum atomic E-state index is -0.336. The van der Waals surface area contributed by atoms with Crippen molar-refractivity contribution in [3.05, 3.63) is 65.6 Å². The van der Waals surface area contributed by atoms with E-state index in [2.05, 4.69) is 20.6 Å². The average molecular weight is 398 g/mol. The molecule has 1 heterocycles. The van der Waals surface area contributed by atoms with Crippen LogP contribution in [0.2, 0.25) is 5.02 Å². The number of aromatic nitrogens is 2. The molecule has 3 rings (SSSR count). The lowest BCUT2D eigenvalue weighted by atomic mass is 10.2. The van der Waals surface area contributed by atoms with Crippen LogP contribution < -0.4 is 20.3 Å². The van der Waals surface area contributed by atoms with Gasteiger partial charge in [-0.25, -0.2) is 9.97 Å². The third-order valence-electron chi connectivity index (χ3n) is 3.95. The maximum Gasteiger partial charge on any atom is 0.275 e. The van der Waals surface area contributed by atoms with Gasteiger partial charge in [-0.1, -0.05) is 11.6 Å². The molecule has 0 saturated heterocycles. The van der Waals surface area contributed by atoms with Crippen LogP contribution in [0.1, 0.15) is 10.5 Å². The fourth-order valence-corrected chi connectivity index (χ4v) is 2.64. The van der Waals surface area contributed by atoms with E-state index in [-0.39, 0.29) is 11.6 Å². The summed E-state index contributed by atoms with van der Waals surface area (Å²) in [4.78, 5) is 22.8. The molecule has 2 aromatic carbocycles. The SMILES string of the molecule is COc1ccc(Cl)cc1Nc1cnc(C(=O)Nc2ccc(N(C)C)cc2)cn1. The standard InChI is InChI=1S/C20H20ClN5O2/c1-26(2)15-7-5-14(6-8-15)24-20(27)17-11-23-19(12-22-17)25-16-10-13(21)4-9-18(16)28-3/h4-12H,1-3H3,(H,23,25)(H,24,27). The largest absolute Gasteiger partial charge is 0.495 e. The Morgan fingerprint density at radius 3 is 2.43 bits per heavy atom. The lowest BCUT2D eigenvalue weighted by Crippen LogP contribution is -2.14. The van der Waals surface area contributed by atoms with Crippen LogP contribution in [0.25, 0.3) is 0 Å². The Bertz CT molecular complexity index is 959.